The number of hydrogen-bond donors (Lipinski definition) is 2. The van der Waals surface area contributed by atoms with Crippen molar-refractivity contribution in [3.05, 3.63) is 0 Å². The summed E-state index contributed by atoms with van der Waals surface area (Å²) in [5.41, 5.74) is 5.09. The van der Waals surface area contributed by atoms with Crippen molar-refractivity contribution in [1.29, 1.82) is 0 Å². The lowest BCUT2D eigenvalue weighted by Crippen LogP contribution is -2.57. The van der Waals surface area contributed by atoms with E-state index in [2.05, 4.69) is 18.7 Å². The Labute approximate surface area is 92.6 Å². The summed E-state index contributed by atoms with van der Waals surface area (Å²) in [5, 5.41) is 10.7. The number of aliphatic hydroxyl groups is 1. The molecule has 0 aromatic rings. The lowest BCUT2D eigenvalue weighted by Gasteiger charge is -2.49. The zero-order valence-electron chi connectivity index (χ0n) is 10.00. The van der Waals surface area contributed by atoms with Crippen molar-refractivity contribution < 1.29 is 5.11 Å². The van der Waals surface area contributed by atoms with E-state index in [-0.39, 0.29) is 5.41 Å². The lowest BCUT2D eigenvalue weighted by molar-refractivity contribution is -0.113. The molecule has 3 nitrogen and oxygen atoms in total. The van der Waals surface area contributed by atoms with Gasteiger partial charge < -0.3 is 15.7 Å². The van der Waals surface area contributed by atoms with Crippen LogP contribution in [0.2, 0.25) is 0 Å². The molecule has 3 N–H and O–H groups in total. The number of nitrogens with zero attached hydrogens (tertiary/aromatic N) is 1. The first-order valence-corrected chi connectivity index (χ1v) is 6.15. The summed E-state index contributed by atoms with van der Waals surface area (Å²) in [6.45, 7) is 7.03. The third kappa shape index (κ3) is 1.81. The van der Waals surface area contributed by atoms with Gasteiger partial charge in [-0.25, -0.2) is 0 Å². The fraction of sp³-hybridized carbons (Fsp3) is 1.00. The summed E-state index contributed by atoms with van der Waals surface area (Å²) >= 11 is 0. The van der Waals surface area contributed by atoms with E-state index in [1.165, 1.54) is 19.4 Å². The van der Waals surface area contributed by atoms with Gasteiger partial charge in [0.1, 0.15) is 0 Å². The molecule has 0 bridgehead atoms. The van der Waals surface area contributed by atoms with Gasteiger partial charge in [0.2, 0.25) is 0 Å². The molecule has 2 atom stereocenters. The Balaban J connectivity index is 2.10. The summed E-state index contributed by atoms with van der Waals surface area (Å²) in [6.07, 6.45) is 4.34. The molecular weight excluding hydrogens is 188 g/mol. The number of fused-ring (bicyclic) bond motifs is 1. The van der Waals surface area contributed by atoms with Gasteiger partial charge in [0.25, 0.3) is 0 Å². The smallest absolute Gasteiger partial charge is 0.0737 e. The summed E-state index contributed by atoms with van der Waals surface area (Å²) in [7, 11) is 0. The Bertz CT molecular complexity index is 242. The van der Waals surface area contributed by atoms with Crippen LogP contribution in [0.15, 0.2) is 0 Å². The number of rotatable bonds is 2. The van der Waals surface area contributed by atoms with Crippen LogP contribution in [0.5, 0.6) is 0 Å². The molecule has 0 aliphatic carbocycles. The quantitative estimate of drug-likeness (QED) is 0.717. The van der Waals surface area contributed by atoms with E-state index >= 15 is 0 Å². The van der Waals surface area contributed by atoms with Crippen molar-refractivity contribution >= 4 is 0 Å². The van der Waals surface area contributed by atoms with Gasteiger partial charge in [0.15, 0.2) is 0 Å². The zero-order chi connectivity index (χ0) is 11.1. The highest BCUT2D eigenvalue weighted by atomic mass is 16.3. The maximum Gasteiger partial charge on any atom is 0.0737 e. The van der Waals surface area contributed by atoms with Gasteiger partial charge in [-0.3, -0.25) is 0 Å². The Morgan fingerprint density at radius 3 is 2.87 bits per heavy atom. The molecular formula is C12H24N2O. The molecule has 0 aromatic heterocycles. The molecule has 0 aromatic carbocycles. The summed E-state index contributed by atoms with van der Waals surface area (Å²) in [5.74, 6) is 0. The van der Waals surface area contributed by atoms with E-state index in [4.69, 9.17) is 5.73 Å². The average Bonchev–Trinajstić information content (AvgIpc) is 2.64. The van der Waals surface area contributed by atoms with Crippen LogP contribution in [-0.2, 0) is 0 Å². The molecule has 2 aliphatic heterocycles. The maximum absolute atomic E-state index is 10.7. The average molecular weight is 212 g/mol. The standard InChI is InChI=1S/C12H24N2O/c1-11(2,9-13)12(15)5-7-14-6-3-4-10(14)8-12/h10,15H,3-9,13H2,1-2H3. The van der Waals surface area contributed by atoms with E-state index in [0.717, 1.165) is 19.4 Å². The third-order valence-electron chi connectivity index (χ3n) is 4.66. The minimum absolute atomic E-state index is 0.151. The molecule has 2 heterocycles. The van der Waals surface area contributed by atoms with E-state index in [1.54, 1.807) is 0 Å². The second kappa shape index (κ2) is 3.72. The first-order valence-electron chi connectivity index (χ1n) is 6.15. The second-order valence-corrected chi connectivity index (χ2v) is 5.91. The van der Waals surface area contributed by atoms with Gasteiger partial charge >= 0.3 is 0 Å². The van der Waals surface area contributed by atoms with E-state index in [1.807, 2.05) is 0 Å². The van der Waals surface area contributed by atoms with Crippen LogP contribution in [0.3, 0.4) is 0 Å². The first kappa shape index (κ1) is 11.4. The van der Waals surface area contributed by atoms with E-state index in [0.29, 0.717) is 12.6 Å². The highest BCUT2D eigenvalue weighted by Crippen LogP contribution is 2.42. The Hall–Kier alpha value is -0.120. The Kier molecular flexibility index (Phi) is 2.82. The van der Waals surface area contributed by atoms with E-state index in [9.17, 15) is 5.11 Å². The van der Waals surface area contributed by atoms with Crippen molar-refractivity contribution in [3.63, 3.8) is 0 Å². The second-order valence-electron chi connectivity index (χ2n) is 5.91. The largest absolute Gasteiger partial charge is 0.389 e. The van der Waals surface area contributed by atoms with Crippen LogP contribution in [-0.4, -0.2) is 41.3 Å². The van der Waals surface area contributed by atoms with Gasteiger partial charge in [-0.05, 0) is 32.2 Å². The van der Waals surface area contributed by atoms with Crippen LogP contribution in [0.1, 0.15) is 39.5 Å². The Morgan fingerprint density at radius 1 is 1.47 bits per heavy atom. The highest BCUT2D eigenvalue weighted by molar-refractivity contribution is 5.02. The minimum atomic E-state index is -0.548. The highest BCUT2D eigenvalue weighted by Gasteiger charge is 2.48. The molecule has 0 saturated carbocycles. The third-order valence-corrected chi connectivity index (χ3v) is 4.66. The molecule has 2 fully saturated rings. The zero-order valence-corrected chi connectivity index (χ0v) is 10.00. The van der Waals surface area contributed by atoms with Gasteiger partial charge in [-0.15, -0.1) is 0 Å². The monoisotopic (exact) mass is 212 g/mol. The van der Waals surface area contributed by atoms with Crippen molar-refractivity contribution in [2.45, 2.75) is 51.2 Å². The van der Waals surface area contributed by atoms with Crippen LogP contribution in [0.25, 0.3) is 0 Å². The summed E-state index contributed by atoms with van der Waals surface area (Å²) < 4.78 is 0. The summed E-state index contributed by atoms with van der Waals surface area (Å²) in [6, 6.07) is 0.606. The van der Waals surface area contributed by atoms with Crippen molar-refractivity contribution in [3.8, 4) is 0 Å². The maximum atomic E-state index is 10.7. The van der Waals surface area contributed by atoms with E-state index < -0.39 is 5.60 Å². The fourth-order valence-corrected chi connectivity index (χ4v) is 3.05. The van der Waals surface area contributed by atoms with Crippen LogP contribution in [0, 0.1) is 5.41 Å². The van der Waals surface area contributed by atoms with Gasteiger partial charge in [-0.1, -0.05) is 13.8 Å². The SMILES string of the molecule is CC(C)(CN)C1(O)CCN2CCCC2C1. The molecule has 88 valence electrons. The molecule has 0 amide bonds. The van der Waals surface area contributed by atoms with Gasteiger partial charge in [0.05, 0.1) is 5.60 Å². The number of nitrogens with two attached hydrogens (primary N) is 1. The molecule has 2 saturated heterocycles. The number of piperidine rings is 1. The fourth-order valence-electron chi connectivity index (χ4n) is 3.05. The Morgan fingerprint density at radius 2 is 2.20 bits per heavy atom. The lowest BCUT2D eigenvalue weighted by atomic mass is 9.68. The molecule has 2 aliphatic rings. The molecule has 2 unspecified atom stereocenters. The van der Waals surface area contributed by atoms with Gasteiger partial charge in [-0.2, -0.15) is 0 Å². The topological polar surface area (TPSA) is 49.5 Å². The van der Waals surface area contributed by atoms with Crippen molar-refractivity contribution in [2.24, 2.45) is 11.1 Å². The van der Waals surface area contributed by atoms with Crippen LogP contribution < -0.4 is 5.73 Å². The minimum Gasteiger partial charge on any atom is -0.389 e. The van der Waals surface area contributed by atoms with Crippen LogP contribution in [0.4, 0.5) is 0 Å². The number of hydrogen-bond acceptors (Lipinski definition) is 3. The summed E-state index contributed by atoms with van der Waals surface area (Å²) in [4.78, 5) is 2.53. The predicted octanol–water partition coefficient (Wildman–Crippen LogP) is 0.961. The first-order chi connectivity index (χ1) is 6.98. The molecule has 0 spiro atoms. The van der Waals surface area contributed by atoms with Crippen molar-refractivity contribution in [2.75, 3.05) is 19.6 Å². The predicted molar refractivity (Wildman–Crippen MR) is 61.6 cm³/mol. The molecule has 0 radical (unpaired) electrons. The van der Waals surface area contributed by atoms with Gasteiger partial charge in [0, 0.05) is 24.5 Å². The van der Waals surface area contributed by atoms with Crippen molar-refractivity contribution in [1.82, 2.24) is 4.90 Å². The molecule has 3 heteroatoms. The normalized spacial score (nSPS) is 38.0. The van der Waals surface area contributed by atoms with Crippen LogP contribution >= 0.6 is 0 Å². The molecule has 2 rings (SSSR count). The molecule has 15 heavy (non-hydrogen) atoms.